The molecule has 0 unspecified atom stereocenters. The number of nitro benzene ring substituents is 1. The first-order valence-corrected chi connectivity index (χ1v) is 7.99. The molecule has 1 aromatic rings. The van der Waals surface area contributed by atoms with Crippen LogP contribution in [-0.4, -0.2) is 30.0 Å². The summed E-state index contributed by atoms with van der Waals surface area (Å²) >= 11 is 0. The largest absolute Gasteiger partial charge is 0.362 e. The Kier molecular flexibility index (Phi) is 4.46. The SMILES string of the molecule is O=[N+]([O-])c1ccc(NC(P(=O)(O)O)P(=O)(O)O)cc1. The molecule has 1 rings (SSSR count). The standard InChI is InChI=1S/C7H10N2O8P2/c10-9(11)6-3-1-5(2-4-6)8-7(18(12,13)14)19(15,16)17/h1-4,7-8H,(H2,12,13,14)(H2,15,16,17). The second kappa shape index (κ2) is 5.38. The Labute approximate surface area is 106 Å². The van der Waals surface area contributed by atoms with Gasteiger partial charge in [0.15, 0.2) is 0 Å². The molecule has 10 nitrogen and oxygen atoms in total. The fourth-order valence-electron chi connectivity index (χ4n) is 1.19. The summed E-state index contributed by atoms with van der Waals surface area (Å²) in [4.78, 5) is 45.2. The summed E-state index contributed by atoms with van der Waals surface area (Å²) in [6, 6.07) is 4.21. The first-order chi connectivity index (χ1) is 8.51. The van der Waals surface area contributed by atoms with Crippen molar-refractivity contribution in [1.82, 2.24) is 0 Å². The summed E-state index contributed by atoms with van der Waals surface area (Å²) < 4.78 is 22.0. The van der Waals surface area contributed by atoms with Crippen molar-refractivity contribution in [2.45, 2.75) is 5.52 Å². The number of non-ortho nitro benzene ring substituents is 1. The van der Waals surface area contributed by atoms with Crippen LogP contribution >= 0.6 is 15.2 Å². The second-order valence-electron chi connectivity index (χ2n) is 3.50. The quantitative estimate of drug-likeness (QED) is 0.297. The molecule has 106 valence electrons. The average molecular weight is 312 g/mol. The molecular formula is C7H10N2O8P2. The topological polar surface area (TPSA) is 170 Å². The van der Waals surface area contributed by atoms with Crippen LogP contribution in [0.1, 0.15) is 0 Å². The number of anilines is 1. The number of nitrogens with one attached hydrogen (secondary N) is 1. The van der Waals surface area contributed by atoms with Gasteiger partial charge >= 0.3 is 15.2 Å². The molecule has 0 heterocycles. The molecule has 0 atom stereocenters. The Morgan fingerprint density at radius 3 is 1.79 bits per heavy atom. The van der Waals surface area contributed by atoms with Crippen LogP contribution in [0.4, 0.5) is 11.4 Å². The lowest BCUT2D eigenvalue weighted by molar-refractivity contribution is -0.384. The minimum atomic E-state index is -5.10. The summed E-state index contributed by atoms with van der Waals surface area (Å²) in [6.07, 6.45) is 0. The maximum Gasteiger partial charge on any atom is 0.360 e. The zero-order valence-electron chi connectivity index (χ0n) is 9.15. The molecule has 0 saturated heterocycles. The monoisotopic (exact) mass is 312 g/mol. The van der Waals surface area contributed by atoms with Crippen LogP contribution in [0.3, 0.4) is 0 Å². The molecule has 0 aliphatic rings. The Balaban J connectivity index is 3.02. The van der Waals surface area contributed by atoms with E-state index in [1.54, 1.807) is 0 Å². The lowest BCUT2D eigenvalue weighted by atomic mass is 10.3. The summed E-state index contributed by atoms with van der Waals surface area (Å²) in [6.45, 7) is 0. The predicted octanol–water partition coefficient (Wildman–Crippen LogP) is 0.646. The van der Waals surface area contributed by atoms with Gasteiger partial charge in [-0.3, -0.25) is 19.2 Å². The van der Waals surface area contributed by atoms with Crippen molar-refractivity contribution in [3.63, 3.8) is 0 Å². The molecule has 0 saturated carbocycles. The van der Waals surface area contributed by atoms with Gasteiger partial charge in [0.05, 0.1) is 4.92 Å². The lowest BCUT2D eigenvalue weighted by Gasteiger charge is -2.21. The Hall–Kier alpha value is -1.28. The number of nitrogens with zero attached hydrogens (tertiary/aromatic N) is 1. The molecule has 0 fully saturated rings. The molecule has 0 aliphatic carbocycles. The van der Waals surface area contributed by atoms with Crippen molar-refractivity contribution in [2.24, 2.45) is 0 Å². The van der Waals surface area contributed by atoms with Gasteiger partial charge in [0.1, 0.15) is 0 Å². The van der Waals surface area contributed by atoms with Gasteiger partial charge in [0, 0.05) is 17.8 Å². The third-order valence-corrected chi connectivity index (χ3v) is 5.35. The minimum absolute atomic E-state index is 0.0674. The van der Waals surface area contributed by atoms with E-state index in [4.69, 9.17) is 19.6 Å². The van der Waals surface area contributed by atoms with Gasteiger partial charge in [-0.15, -0.1) is 0 Å². The fraction of sp³-hybridized carbons (Fsp3) is 0.143. The van der Waals surface area contributed by atoms with Crippen LogP contribution < -0.4 is 5.32 Å². The van der Waals surface area contributed by atoms with Crippen molar-refractivity contribution in [1.29, 1.82) is 0 Å². The number of hydrogen-bond acceptors (Lipinski definition) is 5. The van der Waals surface area contributed by atoms with Crippen LogP contribution in [-0.2, 0) is 9.13 Å². The smallest absolute Gasteiger partial charge is 0.360 e. The zero-order chi connectivity index (χ0) is 14.8. The molecule has 0 aliphatic heterocycles. The first-order valence-electron chi connectivity index (χ1n) is 4.63. The third kappa shape index (κ3) is 4.39. The molecule has 5 N–H and O–H groups in total. The van der Waals surface area contributed by atoms with E-state index in [0.717, 1.165) is 24.3 Å². The predicted molar refractivity (Wildman–Crippen MR) is 64.6 cm³/mol. The van der Waals surface area contributed by atoms with E-state index in [0.29, 0.717) is 0 Å². The summed E-state index contributed by atoms with van der Waals surface area (Å²) in [5, 5.41) is 12.4. The molecule has 0 bridgehead atoms. The molecular weight excluding hydrogens is 302 g/mol. The molecule has 0 aromatic heterocycles. The van der Waals surface area contributed by atoms with E-state index < -0.39 is 25.6 Å². The van der Waals surface area contributed by atoms with Crippen molar-refractivity contribution < 1.29 is 33.6 Å². The van der Waals surface area contributed by atoms with E-state index in [1.165, 1.54) is 0 Å². The van der Waals surface area contributed by atoms with Gasteiger partial charge in [-0.25, -0.2) is 0 Å². The van der Waals surface area contributed by atoms with E-state index in [1.807, 2.05) is 5.32 Å². The van der Waals surface area contributed by atoms with Crippen molar-refractivity contribution >= 4 is 26.6 Å². The second-order valence-corrected chi connectivity index (χ2v) is 7.30. The van der Waals surface area contributed by atoms with Gasteiger partial charge in [0.2, 0.25) is 5.52 Å². The van der Waals surface area contributed by atoms with E-state index in [2.05, 4.69) is 0 Å². The van der Waals surface area contributed by atoms with Gasteiger partial charge in [0.25, 0.3) is 5.69 Å². The lowest BCUT2D eigenvalue weighted by Crippen LogP contribution is -2.19. The number of hydrogen-bond donors (Lipinski definition) is 5. The maximum atomic E-state index is 11.0. The fourth-order valence-corrected chi connectivity index (χ4v) is 3.39. The van der Waals surface area contributed by atoms with Crippen LogP contribution in [0.15, 0.2) is 24.3 Å². The normalized spacial score (nSPS) is 12.5. The van der Waals surface area contributed by atoms with E-state index in [-0.39, 0.29) is 11.4 Å². The Morgan fingerprint density at radius 1 is 1.05 bits per heavy atom. The maximum absolute atomic E-state index is 11.0. The molecule has 0 radical (unpaired) electrons. The summed E-state index contributed by atoms with van der Waals surface area (Å²) in [5.74, 6) is 0. The minimum Gasteiger partial charge on any atom is -0.362 e. The summed E-state index contributed by atoms with van der Waals surface area (Å²) in [5.41, 5.74) is -2.74. The van der Waals surface area contributed by atoms with Crippen LogP contribution in [0.2, 0.25) is 0 Å². The zero-order valence-corrected chi connectivity index (χ0v) is 10.9. The highest BCUT2D eigenvalue weighted by molar-refractivity contribution is 7.71. The van der Waals surface area contributed by atoms with Gasteiger partial charge in [-0.05, 0) is 12.1 Å². The molecule has 0 spiro atoms. The average Bonchev–Trinajstić information content (AvgIpc) is 2.23. The molecule has 1 aromatic carbocycles. The van der Waals surface area contributed by atoms with E-state index >= 15 is 0 Å². The van der Waals surface area contributed by atoms with Crippen molar-refractivity contribution in [3.05, 3.63) is 34.4 Å². The highest BCUT2D eigenvalue weighted by atomic mass is 31.2. The van der Waals surface area contributed by atoms with Crippen LogP contribution in [0.5, 0.6) is 0 Å². The van der Waals surface area contributed by atoms with Crippen molar-refractivity contribution in [3.8, 4) is 0 Å². The number of rotatable bonds is 5. The molecule has 12 heteroatoms. The summed E-state index contributed by atoms with van der Waals surface area (Å²) in [7, 11) is -10.2. The first kappa shape index (κ1) is 15.8. The highest BCUT2D eigenvalue weighted by Gasteiger charge is 2.43. The number of nitro groups is 1. The van der Waals surface area contributed by atoms with Crippen LogP contribution in [0, 0.1) is 10.1 Å². The third-order valence-electron chi connectivity index (χ3n) is 2.01. The molecule has 19 heavy (non-hydrogen) atoms. The van der Waals surface area contributed by atoms with Gasteiger partial charge in [-0.1, -0.05) is 0 Å². The van der Waals surface area contributed by atoms with Gasteiger partial charge < -0.3 is 24.9 Å². The Bertz CT molecular complexity index is 539. The van der Waals surface area contributed by atoms with E-state index in [9.17, 15) is 19.2 Å². The Morgan fingerprint density at radius 2 is 1.47 bits per heavy atom. The van der Waals surface area contributed by atoms with Crippen LogP contribution in [0.25, 0.3) is 0 Å². The van der Waals surface area contributed by atoms with Gasteiger partial charge in [-0.2, -0.15) is 0 Å². The molecule has 0 amide bonds. The highest BCUT2D eigenvalue weighted by Crippen LogP contribution is 2.59. The van der Waals surface area contributed by atoms with Crippen molar-refractivity contribution in [2.75, 3.05) is 5.32 Å². The number of benzene rings is 1.